The zero-order valence-electron chi connectivity index (χ0n) is 15.0. The van der Waals surface area contributed by atoms with Gasteiger partial charge in [0.2, 0.25) is 0 Å². The summed E-state index contributed by atoms with van der Waals surface area (Å²) < 4.78 is 5.10. The lowest BCUT2D eigenvalue weighted by molar-refractivity contribution is -0.139. The molecule has 2 aliphatic rings. The summed E-state index contributed by atoms with van der Waals surface area (Å²) in [5, 5.41) is 5.72. The van der Waals surface area contributed by atoms with Crippen molar-refractivity contribution in [1.82, 2.24) is 15.5 Å². The van der Waals surface area contributed by atoms with Crippen LogP contribution in [0.4, 0.5) is 0 Å². The topological polar surface area (TPSA) is 70.7 Å². The first-order chi connectivity index (χ1) is 11.7. The molecule has 2 fully saturated rings. The van der Waals surface area contributed by atoms with E-state index in [1.165, 1.54) is 12.8 Å². The maximum Gasteiger partial charge on any atom is 0.309 e. The maximum absolute atomic E-state index is 12.0. The molecule has 0 bridgehead atoms. The van der Waals surface area contributed by atoms with Crippen molar-refractivity contribution in [3.63, 3.8) is 0 Å². The summed E-state index contributed by atoms with van der Waals surface area (Å²) in [5.41, 5.74) is 0. The molecule has 1 saturated heterocycles. The number of nitrogens with zero attached hydrogens (tertiary/aromatic N) is 1. The molecule has 1 aliphatic heterocycles. The van der Waals surface area contributed by atoms with Crippen molar-refractivity contribution in [3.05, 3.63) is 0 Å². The van der Waals surface area contributed by atoms with Gasteiger partial charge >= 0.3 is 11.8 Å². The molecule has 1 aliphatic carbocycles. The summed E-state index contributed by atoms with van der Waals surface area (Å²) in [5.74, 6) is -0.459. The first-order valence-electron chi connectivity index (χ1n) is 9.49. The lowest BCUT2D eigenvalue weighted by atomic mass is 9.97. The fourth-order valence-electron chi connectivity index (χ4n) is 3.63. The van der Waals surface area contributed by atoms with E-state index in [2.05, 4.69) is 15.5 Å². The summed E-state index contributed by atoms with van der Waals surface area (Å²) in [6.07, 6.45) is 8.89. The fourth-order valence-corrected chi connectivity index (χ4v) is 3.63. The number of piperidine rings is 1. The molecule has 0 aromatic rings. The van der Waals surface area contributed by atoms with Gasteiger partial charge in [0.25, 0.3) is 0 Å². The number of nitrogens with one attached hydrogen (secondary N) is 2. The van der Waals surface area contributed by atoms with E-state index in [-0.39, 0.29) is 6.04 Å². The third-order valence-corrected chi connectivity index (χ3v) is 5.27. The molecular formula is C18H33N3O3. The number of methoxy groups -OCH3 is 1. The van der Waals surface area contributed by atoms with Crippen molar-refractivity contribution < 1.29 is 14.3 Å². The zero-order valence-corrected chi connectivity index (χ0v) is 15.0. The van der Waals surface area contributed by atoms with E-state index < -0.39 is 11.8 Å². The summed E-state index contributed by atoms with van der Waals surface area (Å²) in [4.78, 5) is 26.4. The Hall–Kier alpha value is -1.14. The normalized spacial score (nSPS) is 21.2. The van der Waals surface area contributed by atoms with Crippen LogP contribution in [0, 0.1) is 5.92 Å². The van der Waals surface area contributed by atoms with Gasteiger partial charge in [-0.05, 0) is 44.7 Å². The fraction of sp³-hybridized carbons (Fsp3) is 0.889. The van der Waals surface area contributed by atoms with Crippen molar-refractivity contribution in [1.29, 1.82) is 0 Å². The lowest BCUT2D eigenvalue weighted by Gasteiger charge is -2.31. The summed E-state index contributed by atoms with van der Waals surface area (Å²) in [6, 6.07) is 0.176. The second-order valence-corrected chi connectivity index (χ2v) is 7.15. The van der Waals surface area contributed by atoms with Gasteiger partial charge in [-0.3, -0.25) is 9.59 Å². The second kappa shape index (κ2) is 10.7. The Morgan fingerprint density at radius 3 is 2.29 bits per heavy atom. The minimum absolute atomic E-state index is 0.176. The van der Waals surface area contributed by atoms with Gasteiger partial charge in [0.1, 0.15) is 0 Å². The van der Waals surface area contributed by atoms with Crippen LogP contribution in [0.5, 0.6) is 0 Å². The van der Waals surface area contributed by atoms with Crippen molar-refractivity contribution in [2.24, 2.45) is 5.92 Å². The number of hydrogen-bond donors (Lipinski definition) is 2. The first-order valence-corrected chi connectivity index (χ1v) is 9.49. The van der Waals surface area contributed by atoms with Crippen LogP contribution in [0.15, 0.2) is 0 Å². The van der Waals surface area contributed by atoms with Crippen LogP contribution in [-0.2, 0) is 14.3 Å². The molecule has 0 aromatic heterocycles. The maximum atomic E-state index is 12.0. The minimum atomic E-state index is -0.471. The number of likely N-dealkylation sites (tertiary alicyclic amines) is 1. The molecule has 6 heteroatoms. The van der Waals surface area contributed by atoms with E-state index in [0.717, 1.165) is 64.8 Å². The second-order valence-electron chi connectivity index (χ2n) is 7.15. The highest BCUT2D eigenvalue weighted by molar-refractivity contribution is 6.35. The Kier molecular flexibility index (Phi) is 8.53. The molecule has 1 saturated carbocycles. The SMILES string of the molecule is COCCN1CCC(CNC(=O)C(=O)NC2CCCCCC2)CC1. The summed E-state index contributed by atoms with van der Waals surface area (Å²) in [7, 11) is 1.72. The van der Waals surface area contributed by atoms with Crippen LogP contribution in [0.3, 0.4) is 0 Å². The minimum Gasteiger partial charge on any atom is -0.383 e. The highest BCUT2D eigenvalue weighted by Gasteiger charge is 2.22. The van der Waals surface area contributed by atoms with Crippen LogP contribution < -0.4 is 10.6 Å². The van der Waals surface area contributed by atoms with Gasteiger partial charge in [0, 0.05) is 26.2 Å². The predicted octanol–water partition coefficient (Wildman–Crippen LogP) is 1.30. The van der Waals surface area contributed by atoms with Gasteiger partial charge in [-0.1, -0.05) is 25.7 Å². The van der Waals surface area contributed by atoms with Crippen molar-refractivity contribution >= 4 is 11.8 Å². The Labute approximate surface area is 145 Å². The number of rotatable bonds is 6. The molecule has 6 nitrogen and oxygen atoms in total. The van der Waals surface area contributed by atoms with E-state index in [0.29, 0.717) is 12.5 Å². The number of ether oxygens (including phenoxy) is 1. The Morgan fingerprint density at radius 1 is 1.00 bits per heavy atom. The molecule has 0 unspecified atom stereocenters. The molecular weight excluding hydrogens is 306 g/mol. The molecule has 1 heterocycles. The highest BCUT2D eigenvalue weighted by Crippen LogP contribution is 2.17. The van der Waals surface area contributed by atoms with Crippen LogP contribution in [0.2, 0.25) is 0 Å². The number of carbonyl (C=O) groups excluding carboxylic acids is 2. The van der Waals surface area contributed by atoms with Crippen LogP contribution in [-0.4, -0.2) is 62.7 Å². The van der Waals surface area contributed by atoms with Crippen molar-refractivity contribution in [3.8, 4) is 0 Å². The lowest BCUT2D eigenvalue weighted by Crippen LogP contribution is -2.46. The quantitative estimate of drug-likeness (QED) is 0.565. The average Bonchev–Trinajstić information content (AvgIpc) is 2.87. The smallest absolute Gasteiger partial charge is 0.309 e. The first kappa shape index (κ1) is 19.2. The van der Waals surface area contributed by atoms with Gasteiger partial charge in [0.05, 0.1) is 6.61 Å². The Bertz CT molecular complexity index is 387. The van der Waals surface area contributed by atoms with Crippen molar-refractivity contribution in [2.45, 2.75) is 57.4 Å². The van der Waals surface area contributed by atoms with Crippen LogP contribution in [0.1, 0.15) is 51.4 Å². The van der Waals surface area contributed by atoms with Crippen LogP contribution in [0.25, 0.3) is 0 Å². The average molecular weight is 339 g/mol. The molecule has 2 N–H and O–H groups in total. The molecule has 0 spiro atoms. The number of amides is 2. The van der Waals surface area contributed by atoms with Gasteiger partial charge in [0.15, 0.2) is 0 Å². The molecule has 0 radical (unpaired) electrons. The summed E-state index contributed by atoms with van der Waals surface area (Å²) >= 11 is 0. The van der Waals surface area contributed by atoms with Crippen LogP contribution >= 0.6 is 0 Å². The van der Waals surface area contributed by atoms with E-state index in [1.807, 2.05) is 0 Å². The van der Waals surface area contributed by atoms with Gasteiger partial charge in [-0.25, -0.2) is 0 Å². The molecule has 2 amide bonds. The zero-order chi connectivity index (χ0) is 17.2. The van der Waals surface area contributed by atoms with Gasteiger partial charge in [-0.15, -0.1) is 0 Å². The van der Waals surface area contributed by atoms with Crippen molar-refractivity contribution in [2.75, 3.05) is 39.9 Å². The van der Waals surface area contributed by atoms with E-state index >= 15 is 0 Å². The number of hydrogen-bond acceptors (Lipinski definition) is 4. The molecule has 2 rings (SSSR count). The molecule has 138 valence electrons. The standard InChI is InChI=1S/C18H33N3O3/c1-24-13-12-21-10-8-15(9-11-21)14-19-17(22)18(23)20-16-6-4-2-3-5-7-16/h15-16H,2-14H2,1H3,(H,19,22)(H,20,23). The highest BCUT2D eigenvalue weighted by atomic mass is 16.5. The van der Waals surface area contributed by atoms with Gasteiger partial charge in [-0.2, -0.15) is 0 Å². The molecule has 0 atom stereocenters. The van der Waals surface area contributed by atoms with E-state index in [1.54, 1.807) is 7.11 Å². The van der Waals surface area contributed by atoms with E-state index in [9.17, 15) is 9.59 Å². The molecule has 0 aromatic carbocycles. The predicted molar refractivity (Wildman–Crippen MR) is 93.7 cm³/mol. The Morgan fingerprint density at radius 2 is 1.67 bits per heavy atom. The Balaban J connectivity index is 1.61. The van der Waals surface area contributed by atoms with Gasteiger partial charge < -0.3 is 20.3 Å². The molecule has 24 heavy (non-hydrogen) atoms. The monoisotopic (exact) mass is 339 g/mol. The number of carbonyl (C=O) groups is 2. The summed E-state index contributed by atoms with van der Waals surface area (Å²) in [6.45, 7) is 4.42. The third kappa shape index (κ3) is 6.77. The third-order valence-electron chi connectivity index (χ3n) is 5.27. The van der Waals surface area contributed by atoms with E-state index in [4.69, 9.17) is 4.74 Å². The largest absolute Gasteiger partial charge is 0.383 e.